The molecule has 4 aromatic carbocycles. The maximum Gasteiger partial charge on any atom is 0.343 e. The van der Waals surface area contributed by atoms with E-state index in [0.717, 1.165) is 18.8 Å². The third kappa shape index (κ3) is 8.80. The largest absolute Gasteiger partial charge is 0.423 e. The van der Waals surface area contributed by atoms with E-state index in [0.29, 0.717) is 27.5 Å². The number of hydrazone groups is 1. The van der Waals surface area contributed by atoms with Gasteiger partial charge in [-0.15, -0.1) is 0 Å². The van der Waals surface area contributed by atoms with E-state index in [1.165, 1.54) is 6.21 Å². The highest BCUT2D eigenvalue weighted by atomic mass is 35.5. The molecular weight excluding hydrogens is 599 g/mol. The predicted octanol–water partition coefficient (Wildman–Crippen LogP) is 6.98. The average molecular weight is 630 g/mol. The molecule has 0 fully saturated rings. The molecule has 0 saturated heterocycles. The molecule has 2 N–H and O–H groups in total. The van der Waals surface area contributed by atoms with Gasteiger partial charge in [-0.1, -0.05) is 47.5 Å². The monoisotopic (exact) mass is 628 g/mol. The lowest BCUT2D eigenvalue weighted by atomic mass is 10.1. The number of rotatable bonds is 11. The van der Waals surface area contributed by atoms with Crippen LogP contribution in [0.25, 0.3) is 6.08 Å². The Morgan fingerprint density at radius 2 is 1.45 bits per heavy atom. The first-order valence-electron chi connectivity index (χ1n) is 13.8. The lowest BCUT2D eigenvalue weighted by Crippen LogP contribution is -2.33. The van der Waals surface area contributed by atoms with E-state index in [2.05, 4.69) is 34.6 Å². The Hall–Kier alpha value is -4.92. The summed E-state index contributed by atoms with van der Waals surface area (Å²) in [6, 6.07) is 27.2. The first kappa shape index (κ1) is 32.0. The third-order valence-corrected chi connectivity index (χ3v) is 7.08. The van der Waals surface area contributed by atoms with E-state index in [-0.39, 0.29) is 16.3 Å². The van der Waals surface area contributed by atoms with Gasteiger partial charge in [0, 0.05) is 23.8 Å². The van der Waals surface area contributed by atoms with Gasteiger partial charge in [-0.05, 0) is 104 Å². The number of amides is 2. The zero-order valence-corrected chi connectivity index (χ0v) is 25.6. The molecule has 8 nitrogen and oxygen atoms in total. The van der Waals surface area contributed by atoms with E-state index in [9.17, 15) is 14.4 Å². The van der Waals surface area contributed by atoms with Crippen molar-refractivity contribution in [3.05, 3.63) is 135 Å². The summed E-state index contributed by atoms with van der Waals surface area (Å²) in [5.41, 5.74) is 5.42. The molecule has 0 spiro atoms. The van der Waals surface area contributed by atoms with Gasteiger partial charge in [0.25, 0.3) is 11.8 Å². The zero-order chi connectivity index (χ0) is 31.5. The highest BCUT2D eigenvalue weighted by Gasteiger charge is 2.16. The lowest BCUT2D eigenvalue weighted by Gasteiger charge is -2.21. The number of esters is 1. The molecule has 0 atom stereocenters. The molecule has 0 radical (unpaired) electrons. The highest BCUT2D eigenvalue weighted by molar-refractivity contribution is 6.34. The first-order valence-corrected chi connectivity index (χ1v) is 14.6. The molecule has 4 rings (SSSR count). The molecular formula is C34H30Cl2N4O4. The van der Waals surface area contributed by atoms with Gasteiger partial charge in [-0.3, -0.25) is 9.59 Å². The lowest BCUT2D eigenvalue weighted by molar-refractivity contribution is -0.117. The molecule has 0 aliphatic heterocycles. The van der Waals surface area contributed by atoms with Gasteiger partial charge in [-0.25, -0.2) is 10.2 Å². The number of hydrogen-bond acceptors (Lipinski definition) is 6. The third-order valence-electron chi connectivity index (χ3n) is 6.49. The Morgan fingerprint density at radius 3 is 2.09 bits per heavy atom. The van der Waals surface area contributed by atoms with Crippen molar-refractivity contribution in [2.24, 2.45) is 5.10 Å². The second kappa shape index (κ2) is 15.5. The van der Waals surface area contributed by atoms with Crippen molar-refractivity contribution in [1.82, 2.24) is 10.7 Å². The van der Waals surface area contributed by atoms with Crippen LogP contribution in [-0.2, 0) is 4.79 Å². The summed E-state index contributed by atoms with van der Waals surface area (Å²) in [5.74, 6) is -1.35. The number of anilines is 1. The molecule has 0 unspecified atom stereocenters. The summed E-state index contributed by atoms with van der Waals surface area (Å²) >= 11 is 12.1. The number of benzene rings is 4. The fourth-order valence-electron chi connectivity index (χ4n) is 4.13. The summed E-state index contributed by atoms with van der Waals surface area (Å²) in [7, 11) is 0. The predicted molar refractivity (Wildman–Crippen MR) is 175 cm³/mol. The van der Waals surface area contributed by atoms with Crippen LogP contribution in [0.1, 0.15) is 45.7 Å². The number of hydrogen-bond donors (Lipinski definition) is 2. The number of ether oxygens (including phenoxy) is 1. The molecule has 0 saturated carbocycles. The van der Waals surface area contributed by atoms with Crippen LogP contribution in [0.15, 0.2) is 108 Å². The smallest absolute Gasteiger partial charge is 0.343 e. The Labute approximate surface area is 265 Å². The summed E-state index contributed by atoms with van der Waals surface area (Å²) < 4.78 is 5.38. The topological polar surface area (TPSA) is 100 Å². The number of carbonyl (C=O) groups excluding carboxylic acids is 3. The molecule has 4 aromatic rings. The molecule has 0 aliphatic carbocycles. The number of nitrogens with zero attached hydrogens (tertiary/aromatic N) is 2. The molecule has 0 bridgehead atoms. The maximum absolute atomic E-state index is 13.2. The van der Waals surface area contributed by atoms with Gasteiger partial charge in [0.05, 0.1) is 22.4 Å². The van der Waals surface area contributed by atoms with Gasteiger partial charge in [-0.2, -0.15) is 5.10 Å². The van der Waals surface area contributed by atoms with E-state index < -0.39 is 17.8 Å². The van der Waals surface area contributed by atoms with Crippen LogP contribution in [0.5, 0.6) is 5.75 Å². The van der Waals surface area contributed by atoms with Crippen LogP contribution in [0, 0.1) is 0 Å². The van der Waals surface area contributed by atoms with E-state index in [1.54, 1.807) is 78.9 Å². The minimum atomic E-state index is -0.636. The highest BCUT2D eigenvalue weighted by Crippen LogP contribution is 2.19. The van der Waals surface area contributed by atoms with Crippen molar-refractivity contribution in [1.29, 1.82) is 0 Å². The minimum Gasteiger partial charge on any atom is -0.423 e. The Bertz CT molecular complexity index is 1670. The van der Waals surface area contributed by atoms with Gasteiger partial charge in [0.1, 0.15) is 11.4 Å². The molecule has 0 aromatic heterocycles. The Morgan fingerprint density at radius 1 is 0.818 bits per heavy atom. The van der Waals surface area contributed by atoms with Crippen molar-refractivity contribution in [2.45, 2.75) is 13.8 Å². The van der Waals surface area contributed by atoms with Crippen LogP contribution in [0.2, 0.25) is 10.0 Å². The summed E-state index contributed by atoms with van der Waals surface area (Å²) in [5, 5.41) is 7.48. The molecule has 2 amide bonds. The van der Waals surface area contributed by atoms with Gasteiger partial charge in [0.15, 0.2) is 0 Å². The maximum atomic E-state index is 13.2. The molecule has 224 valence electrons. The van der Waals surface area contributed by atoms with Crippen molar-refractivity contribution in [3.63, 3.8) is 0 Å². The van der Waals surface area contributed by atoms with Gasteiger partial charge < -0.3 is 15.0 Å². The quantitative estimate of drug-likeness (QED) is 0.0613. The first-order chi connectivity index (χ1) is 21.3. The Balaban J connectivity index is 1.46. The van der Waals surface area contributed by atoms with Crippen molar-refractivity contribution in [2.75, 3.05) is 18.0 Å². The zero-order valence-electron chi connectivity index (χ0n) is 24.1. The second-order valence-corrected chi connectivity index (χ2v) is 10.3. The fraction of sp³-hybridized carbons (Fsp3) is 0.118. The van der Waals surface area contributed by atoms with Crippen LogP contribution >= 0.6 is 23.2 Å². The standard InChI is InChI=1S/C34H30Cl2N4O4/c1-3-40(4-2)27-17-9-23(10-18-27)21-31(38-32(41)29-7-5-6-8-30(29)36)33(42)39-37-22-24-11-19-28(20-12-24)44-34(43)25-13-15-26(35)16-14-25/h5-22H,3-4H2,1-2H3,(H,38,41)(H,39,42)/b31-21+,37-22-. The van der Waals surface area contributed by atoms with Crippen molar-refractivity contribution < 1.29 is 19.1 Å². The summed E-state index contributed by atoms with van der Waals surface area (Å²) in [6.07, 6.45) is 2.99. The second-order valence-electron chi connectivity index (χ2n) is 9.42. The van der Waals surface area contributed by atoms with Gasteiger partial charge >= 0.3 is 5.97 Å². The molecule has 10 heteroatoms. The average Bonchev–Trinajstić information content (AvgIpc) is 3.03. The molecule has 44 heavy (non-hydrogen) atoms. The van der Waals surface area contributed by atoms with E-state index in [1.807, 2.05) is 24.3 Å². The van der Waals surface area contributed by atoms with Crippen LogP contribution in [0.4, 0.5) is 5.69 Å². The number of halogens is 2. The van der Waals surface area contributed by atoms with Gasteiger partial charge in [0.2, 0.25) is 0 Å². The summed E-state index contributed by atoms with van der Waals surface area (Å²) in [6.45, 7) is 5.89. The number of nitrogens with one attached hydrogen (secondary N) is 2. The SMILES string of the molecule is CCN(CC)c1ccc(/C=C(/NC(=O)c2ccccc2Cl)C(=O)N/N=C\c2ccc(OC(=O)c3ccc(Cl)cc3)cc2)cc1. The fourth-order valence-corrected chi connectivity index (χ4v) is 4.48. The Kier molecular flexibility index (Phi) is 11.3. The van der Waals surface area contributed by atoms with Crippen molar-refractivity contribution in [3.8, 4) is 5.75 Å². The summed E-state index contributed by atoms with van der Waals surface area (Å²) in [4.78, 5) is 40.7. The van der Waals surface area contributed by atoms with Crippen LogP contribution < -0.4 is 20.4 Å². The van der Waals surface area contributed by atoms with Crippen LogP contribution in [-0.4, -0.2) is 37.1 Å². The van der Waals surface area contributed by atoms with E-state index in [4.69, 9.17) is 27.9 Å². The minimum absolute atomic E-state index is 0.0212. The van der Waals surface area contributed by atoms with Crippen LogP contribution in [0.3, 0.4) is 0 Å². The molecule has 0 aliphatic rings. The number of carbonyl (C=O) groups is 3. The normalized spacial score (nSPS) is 11.2. The molecule has 0 heterocycles. The van der Waals surface area contributed by atoms with E-state index >= 15 is 0 Å². The van der Waals surface area contributed by atoms with Crippen molar-refractivity contribution >= 4 is 59.0 Å².